The van der Waals surface area contributed by atoms with E-state index in [1.165, 1.54) is 10.3 Å². The average molecular weight is 296 g/mol. The first kappa shape index (κ1) is 12.2. The van der Waals surface area contributed by atoms with Crippen LogP contribution in [0.25, 0.3) is 10.3 Å². The van der Waals surface area contributed by atoms with E-state index in [1.54, 1.807) is 17.5 Å². The minimum absolute atomic E-state index is 0.684. The minimum atomic E-state index is 0.684. The summed E-state index contributed by atoms with van der Waals surface area (Å²) in [4.78, 5) is 11.5. The topological polar surface area (TPSA) is 72.3 Å². The number of hydrogen-bond acceptors (Lipinski definition) is 5. The Bertz CT molecular complexity index is 860. The lowest BCUT2D eigenvalue weighted by Crippen LogP contribution is -2.00. The third kappa shape index (κ3) is 2.43. The number of nitrogens with zero attached hydrogens (tertiary/aromatic N) is 5. The first-order valence-corrected chi connectivity index (χ1v) is 7.44. The highest BCUT2D eigenvalue weighted by Gasteiger charge is 2.09. The quantitative estimate of drug-likeness (QED) is 0.627. The van der Waals surface area contributed by atoms with Crippen LogP contribution in [0.5, 0.6) is 0 Å². The monoisotopic (exact) mass is 296 g/mol. The predicted molar refractivity (Wildman–Crippen MR) is 80.1 cm³/mol. The smallest absolute Gasteiger partial charge is 0.148 e. The molecule has 0 radical (unpaired) electrons. The van der Waals surface area contributed by atoms with Gasteiger partial charge in [0.05, 0.1) is 22.4 Å². The second-order valence-electron chi connectivity index (χ2n) is 4.79. The minimum Gasteiger partial charge on any atom is -0.345 e. The highest BCUT2D eigenvalue weighted by atomic mass is 32.1. The summed E-state index contributed by atoms with van der Waals surface area (Å²) in [6, 6.07) is 3.95. The van der Waals surface area contributed by atoms with Crippen LogP contribution in [0.3, 0.4) is 0 Å². The molecule has 0 aliphatic heterocycles. The molecule has 0 atom stereocenters. The van der Waals surface area contributed by atoms with Crippen molar-refractivity contribution in [1.29, 1.82) is 0 Å². The van der Waals surface area contributed by atoms with Crippen LogP contribution in [0.2, 0.25) is 0 Å². The van der Waals surface area contributed by atoms with Crippen molar-refractivity contribution in [3.63, 3.8) is 0 Å². The Morgan fingerprint density at radius 3 is 3.24 bits per heavy atom. The molecule has 0 amide bonds. The number of nitrogens with one attached hydrogen (secondary N) is 1. The lowest BCUT2D eigenvalue weighted by atomic mass is 10.2. The van der Waals surface area contributed by atoms with Crippen molar-refractivity contribution in [1.82, 2.24) is 29.9 Å². The zero-order chi connectivity index (χ0) is 14.1. The first-order chi connectivity index (χ1) is 10.4. The van der Waals surface area contributed by atoms with Gasteiger partial charge in [-0.25, -0.2) is 9.67 Å². The standard InChI is InChI=1S/C14H12N6S/c1-2-10(5-15-3-1)7-20-8-12(18-19-20)4-11-6-16-14-13(11)21-9-17-14/h1-3,5-6,8-9,16H,4,7H2. The molecule has 0 unspecified atom stereocenters. The van der Waals surface area contributed by atoms with Gasteiger partial charge in [-0.05, 0) is 17.2 Å². The van der Waals surface area contributed by atoms with Gasteiger partial charge in [0.25, 0.3) is 0 Å². The van der Waals surface area contributed by atoms with Gasteiger partial charge in [-0.3, -0.25) is 4.98 Å². The first-order valence-electron chi connectivity index (χ1n) is 6.56. The number of aromatic amines is 1. The fraction of sp³-hybridized carbons (Fsp3) is 0.143. The molecule has 4 rings (SSSR count). The Kier molecular flexibility index (Phi) is 2.97. The fourth-order valence-corrected chi connectivity index (χ4v) is 3.07. The molecule has 4 aromatic rings. The molecule has 4 aromatic heterocycles. The second-order valence-corrected chi connectivity index (χ2v) is 5.64. The van der Waals surface area contributed by atoms with E-state index in [0.29, 0.717) is 6.54 Å². The van der Waals surface area contributed by atoms with Crippen molar-refractivity contribution in [2.24, 2.45) is 0 Å². The zero-order valence-corrected chi connectivity index (χ0v) is 11.9. The van der Waals surface area contributed by atoms with Gasteiger partial charge in [-0.2, -0.15) is 0 Å². The van der Waals surface area contributed by atoms with Crippen LogP contribution in [-0.4, -0.2) is 29.9 Å². The van der Waals surface area contributed by atoms with Crippen LogP contribution < -0.4 is 0 Å². The molecule has 0 bridgehead atoms. The molecule has 0 aromatic carbocycles. The Hall–Kier alpha value is -2.54. The summed E-state index contributed by atoms with van der Waals surface area (Å²) in [5.74, 6) is 0. The molecule has 0 aliphatic rings. The largest absolute Gasteiger partial charge is 0.345 e. The molecular weight excluding hydrogens is 284 g/mol. The van der Waals surface area contributed by atoms with Gasteiger partial charge in [0, 0.05) is 31.2 Å². The Morgan fingerprint density at radius 2 is 2.33 bits per heavy atom. The molecule has 1 N–H and O–H groups in total. The van der Waals surface area contributed by atoms with E-state index in [4.69, 9.17) is 0 Å². The molecule has 6 nitrogen and oxygen atoms in total. The highest BCUT2D eigenvalue weighted by molar-refractivity contribution is 7.16. The Morgan fingerprint density at radius 1 is 1.33 bits per heavy atom. The molecule has 4 heterocycles. The van der Waals surface area contributed by atoms with Crippen LogP contribution >= 0.6 is 11.3 Å². The maximum atomic E-state index is 4.26. The number of fused-ring (bicyclic) bond motifs is 1. The summed E-state index contributed by atoms with van der Waals surface area (Å²) >= 11 is 1.64. The SMILES string of the molecule is c1cncc(Cn2cc(Cc3c[nH]c4ncsc34)nn2)c1. The summed E-state index contributed by atoms with van der Waals surface area (Å²) in [6.07, 6.45) is 8.34. The molecule has 0 fully saturated rings. The molecule has 21 heavy (non-hydrogen) atoms. The lowest BCUT2D eigenvalue weighted by Gasteiger charge is -1.98. The summed E-state index contributed by atoms with van der Waals surface area (Å²) < 4.78 is 3.03. The van der Waals surface area contributed by atoms with Gasteiger partial charge < -0.3 is 4.98 Å². The Labute approximate surface area is 124 Å². The van der Waals surface area contributed by atoms with Gasteiger partial charge in [0.15, 0.2) is 0 Å². The van der Waals surface area contributed by atoms with Crippen molar-refractivity contribution in [3.05, 3.63) is 59.3 Å². The summed E-state index contributed by atoms with van der Waals surface area (Å²) in [5, 5.41) is 8.42. The van der Waals surface area contributed by atoms with Crippen molar-refractivity contribution < 1.29 is 0 Å². The normalized spacial score (nSPS) is 11.2. The number of rotatable bonds is 4. The van der Waals surface area contributed by atoms with E-state index in [9.17, 15) is 0 Å². The number of hydrogen-bond donors (Lipinski definition) is 1. The van der Waals surface area contributed by atoms with Gasteiger partial charge in [0.1, 0.15) is 5.65 Å². The molecular formula is C14H12N6S. The molecule has 0 saturated heterocycles. The van der Waals surface area contributed by atoms with Crippen LogP contribution in [0.15, 0.2) is 42.4 Å². The maximum absolute atomic E-state index is 4.26. The second kappa shape index (κ2) is 5.10. The molecule has 0 spiro atoms. The highest BCUT2D eigenvalue weighted by Crippen LogP contribution is 2.23. The van der Waals surface area contributed by atoms with E-state index in [0.717, 1.165) is 23.3 Å². The van der Waals surface area contributed by atoms with E-state index in [1.807, 2.05) is 40.9 Å². The van der Waals surface area contributed by atoms with Crippen molar-refractivity contribution in [2.75, 3.05) is 0 Å². The molecule has 0 aliphatic carbocycles. The van der Waals surface area contributed by atoms with E-state index in [-0.39, 0.29) is 0 Å². The van der Waals surface area contributed by atoms with Gasteiger partial charge in [-0.15, -0.1) is 16.4 Å². The zero-order valence-electron chi connectivity index (χ0n) is 11.1. The summed E-state index contributed by atoms with van der Waals surface area (Å²) in [5.41, 5.74) is 6.07. The summed E-state index contributed by atoms with van der Waals surface area (Å²) in [6.45, 7) is 0.684. The van der Waals surface area contributed by atoms with Crippen molar-refractivity contribution in [3.8, 4) is 0 Å². The fourth-order valence-electron chi connectivity index (χ4n) is 2.30. The maximum Gasteiger partial charge on any atom is 0.148 e. The van der Waals surface area contributed by atoms with Crippen molar-refractivity contribution in [2.45, 2.75) is 13.0 Å². The molecule has 104 valence electrons. The van der Waals surface area contributed by atoms with E-state index < -0.39 is 0 Å². The Balaban J connectivity index is 1.53. The molecule has 7 heteroatoms. The predicted octanol–water partition coefficient (Wildman–Crippen LogP) is 2.25. The van der Waals surface area contributed by atoms with Gasteiger partial charge >= 0.3 is 0 Å². The van der Waals surface area contributed by atoms with Crippen LogP contribution in [0.4, 0.5) is 0 Å². The van der Waals surface area contributed by atoms with Crippen LogP contribution in [0, 0.1) is 0 Å². The third-order valence-electron chi connectivity index (χ3n) is 3.27. The third-order valence-corrected chi connectivity index (χ3v) is 4.17. The lowest BCUT2D eigenvalue weighted by molar-refractivity contribution is 0.648. The van der Waals surface area contributed by atoms with Gasteiger partial charge in [0.2, 0.25) is 0 Å². The number of aromatic nitrogens is 6. The van der Waals surface area contributed by atoms with Crippen LogP contribution in [0.1, 0.15) is 16.8 Å². The summed E-state index contributed by atoms with van der Waals surface area (Å²) in [7, 11) is 0. The average Bonchev–Trinajstić information content (AvgIpc) is 3.20. The number of thiazole rings is 1. The number of pyridine rings is 1. The van der Waals surface area contributed by atoms with Crippen molar-refractivity contribution >= 4 is 21.7 Å². The van der Waals surface area contributed by atoms with E-state index in [2.05, 4.69) is 25.3 Å². The number of H-pyrrole nitrogens is 1. The van der Waals surface area contributed by atoms with E-state index >= 15 is 0 Å². The van der Waals surface area contributed by atoms with Gasteiger partial charge in [-0.1, -0.05) is 11.3 Å². The van der Waals surface area contributed by atoms with Crippen LogP contribution in [-0.2, 0) is 13.0 Å². The molecule has 0 saturated carbocycles.